The molecule has 0 fully saturated rings. The summed E-state index contributed by atoms with van der Waals surface area (Å²) in [5.74, 6) is -15.0. The second-order valence-electron chi connectivity index (χ2n) is 3.77. The predicted molar refractivity (Wildman–Crippen MR) is 39.7 cm³/mol. The Hall–Kier alpha value is -0.803. The number of alkyl halides is 14. The van der Waals surface area contributed by atoms with Crippen LogP contribution in [0.2, 0.25) is 0 Å². The van der Waals surface area contributed by atoms with Crippen LogP contribution in [0.5, 0.6) is 0 Å². The van der Waals surface area contributed by atoms with Crippen LogP contribution in [0, 0.1) is 0 Å². The zero-order valence-electron chi connectivity index (χ0n) is 9.28. The maximum atomic E-state index is 12.6. The summed E-state index contributed by atoms with van der Waals surface area (Å²) in [6.07, 6.45) is -14.6. The van der Waals surface area contributed by atoms with Gasteiger partial charge in [-0.05, 0) is 0 Å². The fourth-order valence-corrected chi connectivity index (χ4v) is 2.38. The van der Waals surface area contributed by atoms with Gasteiger partial charge in [-0.3, -0.25) is 4.80 Å². The van der Waals surface area contributed by atoms with Crippen molar-refractivity contribution < 1.29 is 66.3 Å². The minimum Gasteiger partial charge on any atom is -0.287 e. The summed E-state index contributed by atoms with van der Waals surface area (Å²) in [7, 11) is -7.93. The van der Waals surface area contributed by atoms with Crippen molar-refractivity contribution in [3.63, 3.8) is 0 Å². The number of hydrogen-bond donors (Lipinski definition) is 0. The molecule has 0 aliphatic heterocycles. The molecule has 133 valence electrons. The van der Waals surface area contributed by atoms with Crippen LogP contribution in [0.15, 0.2) is 0 Å². The molecule has 0 spiro atoms. The van der Waals surface area contributed by atoms with Crippen LogP contribution >= 0.6 is 0 Å². The number of hydrogen-bond acceptors (Lipinski definition) is 0. The quantitative estimate of drug-likeness (QED) is 0.519. The van der Waals surface area contributed by atoms with Gasteiger partial charge >= 0.3 is 44.3 Å². The maximum Gasteiger partial charge on any atom is 0.459 e. The first-order valence-corrected chi connectivity index (χ1v) is 6.08. The van der Waals surface area contributed by atoms with Crippen molar-refractivity contribution in [2.45, 2.75) is 35.3 Å². The highest BCUT2D eigenvalue weighted by Crippen LogP contribution is 2.54. The minimum atomic E-state index is -7.93. The highest BCUT2D eigenvalue weighted by Gasteiger charge is 2.86. The third-order valence-electron chi connectivity index (χ3n) is 2.21. The van der Waals surface area contributed by atoms with E-state index in [1.54, 1.807) is 0 Å². The molecule has 0 N–H and O–H groups in total. The zero-order valence-corrected chi connectivity index (χ0v) is 10.4. The van der Waals surface area contributed by atoms with Gasteiger partial charge in [0.15, 0.2) is 0 Å². The molecule has 0 aliphatic rings. The Kier molecular flexibility index (Phi) is 4.92. The van der Waals surface area contributed by atoms with E-state index < -0.39 is 44.3 Å². The van der Waals surface area contributed by atoms with Crippen LogP contribution in [0.1, 0.15) is 0 Å². The van der Waals surface area contributed by atoms with E-state index in [0.29, 0.717) is 0 Å². The van der Waals surface area contributed by atoms with Gasteiger partial charge in [-0.2, -0.15) is 43.9 Å². The van der Waals surface area contributed by atoms with Gasteiger partial charge in [0.25, 0.3) is 0 Å². The molecule has 0 aliphatic carbocycles. The van der Waals surface area contributed by atoms with E-state index in [1.165, 1.54) is 0 Å². The molecule has 1 radical (unpaired) electrons. The third kappa shape index (κ3) is 2.85. The Morgan fingerprint density at radius 3 is 0.773 bits per heavy atom. The van der Waals surface area contributed by atoms with Crippen molar-refractivity contribution in [1.29, 1.82) is 0 Å². The van der Waals surface area contributed by atoms with Gasteiger partial charge in [0.1, 0.15) is 0 Å². The van der Waals surface area contributed by atoms with E-state index in [1.807, 2.05) is 0 Å². The normalized spacial score (nSPS) is 16.4. The molecule has 16 heteroatoms. The van der Waals surface area contributed by atoms with Gasteiger partial charge in [-0.1, -0.05) is 0 Å². The molecule has 0 aromatic heterocycles. The van der Waals surface area contributed by atoms with E-state index in [4.69, 9.17) is 0 Å². The topological polar surface area (TPSA) is 19.9 Å². The van der Waals surface area contributed by atoms with Gasteiger partial charge in [0, 0.05) is 0 Å². The highest BCUT2D eigenvalue weighted by atomic mass is 28.3. The van der Waals surface area contributed by atoms with Crippen molar-refractivity contribution in [3.05, 3.63) is 0 Å². The molecule has 0 aromatic rings. The molecule has 0 atom stereocenters. The lowest BCUT2D eigenvalue weighted by Crippen LogP contribution is -2.70. The standard InChI is InChI=1S/C6HF14OSi/c7-1(8,3(11,12)13)5(17,18)22(21)6(19,20)2(9,10)4(14,15)16/h22H. The number of rotatable bonds is 4. The molecule has 0 rings (SSSR count). The molecule has 0 bridgehead atoms. The Morgan fingerprint density at radius 2 is 0.636 bits per heavy atom. The van der Waals surface area contributed by atoms with Crippen molar-refractivity contribution >= 4 is 9.04 Å². The molecule has 0 saturated heterocycles. The molecule has 0 unspecified atom stereocenters. The Labute approximate surface area is 112 Å². The summed E-state index contributed by atoms with van der Waals surface area (Å²) in [4.78, 5) is 10.4. The molecule has 0 amide bonds. The number of halogens is 14. The Morgan fingerprint density at radius 1 is 0.455 bits per heavy atom. The second kappa shape index (κ2) is 5.10. The lowest BCUT2D eigenvalue weighted by Gasteiger charge is -2.35. The van der Waals surface area contributed by atoms with Gasteiger partial charge in [0.05, 0.1) is 0 Å². The summed E-state index contributed by atoms with van der Waals surface area (Å²) in [6.45, 7) is 0. The molecule has 1 nitrogen and oxygen atoms in total. The van der Waals surface area contributed by atoms with Crippen LogP contribution in [-0.4, -0.2) is 44.3 Å². The van der Waals surface area contributed by atoms with Crippen molar-refractivity contribution in [1.82, 2.24) is 0 Å². The predicted octanol–water partition coefficient (Wildman–Crippen LogP) is 3.88. The second-order valence-corrected chi connectivity index (χ2v) is 5.98. The van der Waals surface area contributed by atoms with Gasteiger partial charge in [-0.25, -0.2) is 17.6 Å². The fraction of sp³-hybridized carbons (Fsp3) is 1.00. The maximum absolute atomic E-state index is 12.6. The largest absolute Gasteiger partial charge is 0.459 e. The first-order valence-electron chi connectivity index (χ1n) is 4.46. The van der Waals surface area contributed by atoms with Crippen molar-refractivity contribution in [2.24, 2.45) is 0 Å². The third-order valence-corrected chi connectivity index (χ3v) is 4.25. The van der Waals surface area contributed by atoms with Gasteiger partial charge in [0.2, 0.25) is 0 Å². The first-order chi connectivity index (χ1) is 9.15. The average Bonchev–Trinajstić information content (AvgIpc) is 2.24. The van der Waals surface area contributed by atoms with E-state index in [2.05, 4.69) is 0 Å². The lowest BCUT2D eigenvalue weighted by atomic mass is 10.3. The molecule has 0 aromatic carbocycles. The van der Waals surface area contributed by atoms with Gasteiger partial charge < -0.3 is 0 Å². The molecular formula is C6HF14OSi. The summed E-state index contributed by atoms with van der Waals surface area (Å²) in [6, 6.07) is 0. The average molecular weight is 383 g/mol. The summed E-state index contributed by atoms with van der Waals surface area (Å²) in [5.41, 5.74) is -14.7. The van der Waals surface area contributed by atoms with E-state index in [-0.39, 0.29) is 0 Å². The van der Waals surface area contributed by atoms with Crippen molar-refractivity contribution in [3.8, 4) is 0 Å². The SMILES string of the molecule is [O][SiH](C(F)(F)C(F)(F)C(F)(F)F)C(F)(F)C(F)(F)C(F)(F)F. The van der Waals surface area contributed by atoms with Crippen LogP contribution in [0.3, 0.4) is 0 Å². The fourth-order valence-electron chi connectivity index (χ4n) is 0.935. The molecule has 22 heavy (non-hydrogen) atoms. The molecule has 0 heterocycles. The van der Waals surface area contributed by atoms with Crippen LogP contribution < -0.4 is 0 Å². The lowest BCUT2D eigenvalue weighted by molar-refractivity contribution is -0.353. The minimum absolute atomic E-state index is 7.32. The van der Waals surface area contributed by atoms with E-state index in [0.717, 1.165) is 0 Å². The van der Waals surface area contributed by atoms with Crippen LogP contribution in [-0.2, 0) is 4.80 Å². The zero-order chi connectivity index (χ0) is 18.6. The monoisotopic (exact) mass is 383 g/mol. The molecule has 0 saturated carbocycles. The Bertz CT molecular complexity index is 369. The summed E-state index contributed by atoms with van der Waals surface area (Å²) >= 11 is 0. The van der Waals surface area contributed by atoms with Crippen molar-refractivity contribution in [2.75, 3.05) is 0 Å². The van der Waals surface area contributed by atoms with E-state index in [9.17, 15) is 66.3 Å². The van der Waals surface area contributed by atoms with E-state index >= 15 is 0 Å². The van der Waals surface area contributed by atoms with Crippen LogP contribution in [0.4, 0.5) is 61.5 Å². The summed E-state index contributed by atoms with van der Waals surface area (Å²) < 4.78 is 169. The highest BCUT2D eigenvalue weighted by molar-refractivity contribution is 6.56. The summed E-state index contributed by atoms with van der Waals surface area (Å²) in [5, 5.41) is 0. The van der Waals surface area contributed by atoms with Gasteiger partial charge in [-0.15, -0.1) is 0 Å². The molecular weight excluding hydrogens is 382 g/mol. The smallest absolute Gasteiger partial charge is 0.287 e. The first kappa shape index (κ1) is 21.2. The Balaban J connectivity index is 6.00. The van der Waals surface area contributed by atoms with Crippen LogP contribution in [0.25, 0.3) is 0 Å².